The Kier molecular flexibility index (Phi) is 6.21. The Morgan fingerprint density at radius 3 is 2.94 bits per heavy atom. The lowest BCUT2D eigenvalue weighted by Crippen LogP contribution is -2.36. The van der Waals surface area contributed by atoms with Crippen LogP contribution in [0.1, 0.15) is 39.0 Å². The Morgan fingerprint density at radius 2 is 2.31 bits per heavy atom. The summed E-state index contributed by atoms with van der Waals surface area (Å²) in [5, 5.41) is 8.89. The SMILES string of the molecule is CC(CC(=O)O)SCCC1CCCCN1C. The number of piperidine rings is 1. The number of rotatable bonds is 6. The van der Waals surface area contributed by atoms with E-state index < -0.39 is 5.97 Å². The number of carbonyl (C=O) groups is 1. The number of carboxylic acid groups (broad SMARTS) is 1. The smallest absolute Gasteiger partial charge is 0.304 e. The Labute approximate surface area is 103 Å². The Morgan fingerprint density at radius 1 is 1.56 bits per heavy atom. The fourth-order valence-corrected chi connectivity index (χ4v) is 3.29. The van der Waals surface area contributed by atoms with Gasteiger partial charge in [0, 0.05) is 11.3 Å². The molecule has 0 spiro atoms. The van der Waals surface area contributed by atoms with E-state index in [0.29, 0.717) is 0 Å². The summed E-state index contributed by atoms with van der Waals surface area (Å²) in [4.78, 5) is 13.0. The predicted octanol–water partition coefficient (Wildman–Crippen LogP) is 2.46. The molecular formula is C12H23NO2S. The second kappa shape index (κ2) is 7.17. The molecule has 1 aliphatic rings. The van der Waals surface area contributed by atoms with Crippen LogP contribution in [-0.2, 0) is 4.79 Å². The van der Waals surface area contributed by atoms with Crippen molar-refractivity contribution in [2.45, 2.75) is 50.3 Å². The van der Waals surface area contributed by atoms with Crippen LogP contribution in [0.15, 0.2) is 0 Å². The van der Waals surface area contributed by atoms with Crippen LogP contribution in [0.4, 0.5) is 0 Å². The largest absolute Gasteiger partial charge is 0.481 e. The van der Waals surface area contributed by atoms with Crippen molar-refractivity contribution in [3.63, 3.8) is 0 Å². The zero-order valence-corrected chi connectivity index (χ0v) is 11.1. The highest BCUT2D eigenvalue weighted by atomic mass is 32.2. The molecule has 1 aliphatic heterocycles. The first-order valence-corrected chi connectivity index (χ1v) is 7.18. The van der Waals surface area contributed by atoms with Crippen LogP contribution in [0, 0.1) is 0 Å². The summed E-state index contributed by atoms with van der Waals surface area (Å²) in [5.41, 5.74) is 0. The van der Waals surface area contributed by atoms with Crippen LogP contribution in [0.3, 0.4) is 0 Å². The fraction of sp³-hybridized carbons (Fsp3) is 0.917. The van der Waals surface area contributed by atoms with E-state index in [-0.39, 0.29) is 11.7 Å². The van der Waals surface area contributed by atoms with Crippen molar-refractivity contribution in [2.24, 2.45) is 0 Å². The van der Waals surface area contributed by atoms with E-state index in [1.54, 1.807) is 11.8 Å². The summed E-state index contributed by atoms with van der Waals surface area (Å²) >= 11 is 1.79. The van der Waals surface area contributed by atoms with Crippen molar-refractivity contribution in [2.75, 3.05) is 19.3 Å². The van der Waals surface area contributed by atoms with E-state index in [4.69, 9.17) is 5.11 Å². The molecule has 2 unspecified atom stereocenters. The van der Waals surface area contributed by atoms with Gasteiger partial charge in [0.05, 0.1) is 6.42 Å². The maximum absolute atomic E-state index is 10.5. The highest BCUT2D eigenvalue weighted by molar-refractivity contribution is 7.99. The van der Waals surface area contributed by atoms with Crippen molar-refractivity contribution < 1.29 is 9.90 Å². The van der Waals surface area contributed by atoms with Crippen LogP contribution >= 0.6 is 11.8 Å². The number of hydrogen-bond acceptors (Lipinski definition) is 3. The Balaban J connectivity index is 2.11. The normalized spacial score (nSPS) is 24.2. The molecule has 16 heavy (non-hydrogen) atoms. The molecule has 0 bridgehead atoms. The molecule has 0 aliphatic carbocycles. The molecule has 0 radical (unpaired) electrons. The predicted molar refractivity (Wildman–Crippen MR) is 69.1 cm³/mol. The number of thioether (sulfide) groups is 1. The van der Waals surface area contributed by atoms with Crippen molar-refractivity contribution in [1.82, 2.24) is 4.90 Å². The minimum absolute atomic E-state index is 0.242. The molecule has 0 saturated carbocycles. The van der Waals surface area contributed by atoms with E-state index in [1.807, 2.05) is 6.92 Å². The van der Waals surface area contributed by atoms with Crippen molar-refractivity contribution in [3.8, 4) is 0 Å². The van der Waals surface area contributed by atoms with Gasteiger partial charge in [-0.2, -0.15) is 11.8 Å². The summed E-state index contributed by atoms with van der Waals surface area (Å²) in [7, 11) is 2.20. The standard InChI is InChI=1S/C12H23NO2S/c1-10(9-12(14)15)16-8-6-11-5-3-4-7-13(11)2/h10-11H,3-9H2,1-2H3,(H,14,15). The van der Waals surface area contributed by atoms with Gasteiger partial charge in [-0.05, 0) is 38.6 Å². The molecule has 1 saturated heterocycles. The minimum atomic E-state index is -0.685. The first-order chi connectivity index (χ1) is 7.59. The average Bonchev–Trinajstić information content (AvgIpc) is 2.19. The molecule has 1 rings (SSSR count). The minimum Gasteiger partial charge on any atom is -0.481 e. The lowest BCUT2D eigenvalue weighted by atomic mass is 10.0. The summed E-state index contributed by atoms with van der Waals surface area (Å²) in [6.07, 6.45) is 5.47. The molecule has 0 amide bonds. The van der Waals surface area contributed by atoms with E-state index in [2.05, 4.69) is 11.9 Å². The van der Waals surface area contributed by atoms with Crippen LogP contribution in [0.5, 0.6) is 0 Å². The Hall–Kier alpha value is -0.220. The number of carboxylic acids is 1. The molecule has 1 fully saturated rings. The van der Waals surface area contributed by atoms with Gasteiger partial charge in [-0.1, -0.05) is 13.3 Å². The van der Waals surface area contributed by atoms with Crippen molar-refractivity contribution in [3.05, 3.63) is 0 Å². The molecule has 4 heteroatoms. The van der Waals surface area contributed by atoms with Gasteiger partial charge in [0.1, 0.15) is 0 Å². The van der Waals surface area contributed by atoms with Crippen LogP contribution in [0.2, 0.25) is 0 Å². The van der Waals surface area contributed by atoms with Crippen molar-refractivity contribution >= 4 is 17.7 Å². The van der Waals surface area contributed by atoms with Gasteiger partial charge < -0.3 is 10.0 Å². The zero-order valence-electron chi connectivity index (χ0n) is 10.3. The van der Waals surface area contributed by atoms with Gasteiger partial charge in [-0.25, -0.2) is 0 Å². The maximum atomic E-state index is 10.5. The summed E-state index contributed by atoms with van der Waals surface area (Å²) in [6, 6.07) is 0.721. The van der Waals surface area contributed by atoms with Gasteiger partial charge in [-0.15, -0.1) is 0 Å². The molecule has 94 valence electrons. The highest BCUT2D eigenvalue weighted by Gasteiger charge is 2.18. The van der Waals surface area contributed by atoms with Gasteiger partial charge in [0.25, 0.3) is 0 Å². The molecule has 3 nitrogen and oxygen atoms in total. The summed E-state index contributed by atoms with van der Waals surface area (Å²) in [5.74, 6) is 0.401. The first kappa shape index (κ1) is 13.8. The van der Waals surface area contributed by atoms with E-state index in [9.17, 15) is 4.79 Å². The lowest BCUT2D eigenvalue weighted by molar-refractivity contribution is -0.136. The van der Waals surface area contributed by atoms with Crippen molar-refractivity contribution in [1.29, 1.82) is 0 Å². The average molecular weight is 245 g/mol. The van der Waals surface area contributed by atoms with Gasteiger partial charge >= 0.3 is 5.97 Å². The molecule has 0 aromatic carbocycles. The fourth-order valence-electron chi connectivity index (χ4n) is 2.22. The maximum Gasteiger partial charge on any atom is 0.304 e. The third-order valence-corrected chi connectivity index (χ3v) is 4.44. The van der Waals surface area contributed by atoms with Crippen LogP contribution in [-0.4, -0.2) is 46.6 Å². The number of hydrogen-bond donors (Lipinski definition) is 1. The van der Waals surface area contributed by atoms with Gasteiger partial charge in [-0.3, -0.25) is 4.79 Å². The second-order valence-electron chi connectivity index (χ2n) is 4.70. The van der Waals surface area contributed by atoms with E-state index >= 15 is 0 Å². The number of aliphatic carboxylic acids is 1. The topological polar surface area (TPSA) is 40.5 Å². The molecular weight excluding hydrogens is 222 g/mol. The third kappa shape index (κ3) is 5.21. The second-order valence-corrected chi connectivity index (χ2v) is 6.24. The molecule has 2 atom stereocenters. The van der Waals surface area contributed by atoms with Gasteiger partial charge in [0.15, 0.2) is 0 Å². The monoisotopic (exact) mass is 245 g/mol. The molecule has 0 aromatic rings. The third-order valence-electron chi connectivity index (χ3n) is 3.24. The molecule has 1 heterocycles. The number of likely N-dealkylation sites (tertiary alicyclic amines) is 1. The number of nitrogens with zero attached hydrogens (tertiary/aromatic N) is 1. The molecule has 1 N–H and O–H groups in total. The lowest BCUT2D eigenvalue weighted by Gasteiger charge is -2.32. The Bertz CT molecular complexity index is 223. The van der Waals surface area contributed by atoms with E-state index in [0.717, 1.165) is 11.8 Å². The first-order valence-electron chi connectivity index (χ1n) is 6.13. The quantitative estimate of drug-likeness (QED) is 0.780. The van der Waals surface area contributed by atoms with Crippen LogP contribution in [0.25, 0.3) is 0 Å². The van der Waals surface area contributed by atoms with Crippen LogP contribution < -0.4 is 0 Å². The van der Waals surface area contributed by atoms with E-state index in [1.165, 1.54) is 32.2 Å². The summed E-state index contributed by atoms with van der Waals surface area (Å²) in [6.45, 7) is 3.23. The van der Waals surface area contributed by atoms with Gasteiger partial charge in [0.2, 0.25) is 0 Å². The zero-order chi connectivity index (χ0) is 12.0. The highest BCUT2D eigenvalue weighted by Crippen LogP contribution is 2.22. The molecule has 0 aromatic heterocycles. The summed E-state index contributed by atoms with van der Waals surface area (Å²) < 4.78 is 0.